The van der Waals surface area contributed by atoms with Crippen LogP contribution in [-0.4, -0.2) is 20.4 Å². The molecule has 4 nitrogen and oxygen atoms in total. The zero-order chi connectivity index (χ0) is 20.1. The van der Waals surface area contributed by atoms with Crippen LogP contribution >= 0.6 is 12.4 Å². The van der Waals surface area contributed by atoms with Gasteiger partial charge in [0.1, 0.15) is 5.75 Å². The average molecular weight is 426 g/mol. The molecular weight excluding hydrogens is 398 g/mol. The quantitative estimate of drug-likeness (QED) is 0.486. The van der Waals surface area contributed by atoms with Crippen LogP contribution in [0.4, 0.5) is 0 Å². The number of aryl methyl sites for hydroxylation is 1. The van der Waals surface area contributed by atoms with Gasteiger partial charge in [0, 0.05) is 18.0 Å². The Hall–Kier alpha value is -2.69. The second-order valence-electron chi connectivity index (χ2n) is 7.36. The largest absolute Gasteiger partial charge is 0.496 e. The van der Waals surface area contributed by atoms with Crippen LogP contribution in [0, 0.1) is 6.92 Å². The van der Waals surface area contributed by atoms with Crippen molar-refractivity contribution >= 4 is 12.4 Å². The Morgan fingerprint density at radius 1 is 0.967 bits per heavy atom. The molecule has 1 aliphatic heterocycles. The summed E-state index contributed by atoms with van der Waals surface area (Å²) >= 11 is 0. The number of methoxy groups -OCH3 is 1. The van der Waals surface area contributed by atoms with E-state index in [4.69, 9.17) is 14.2 Å². The van der Waals surface area contributed by atoms with Crippen LogP contribution in [0.25, 0.3) is 0 Å². The van der Waals surface area contributed by atoms with Crippen LogP contribution in [0.15, 0.2) is 66.7 Å². The lowest BCUT2D eigenvalue weighted by Gasteiger charge is -2.21. The summed E-state index contributed by atoms with van der Waals surface area (Å²) in [6.45, 7) is 4.15. The normalized spacial score (nSPS) is 12.9. The standard InChI is InChI=1S/C25H27NO3.ClH/c1-18-7-9-19(10-8-18)16-26-14-13-21(22-5-3-4-6-23(22)27-2)20-11-12-24-25(15-20)29-17-28-24;/h3-12,15,21,26H,13-14,16-17H2,1-2H3;1H. The molecule has 1 unspecified atom stereocenters. The van der Waals surface area contributed by atoms with E-state index >= 15 is 0 Å². The Kier molecular flexibility index (Phi) is 7.61. The van der Waals surface area contributed by atoms with E-state index in [1.54, 1.807) is 7.11 Å². The Bertz CT molecular complexity index is 959. The highest BCUT2D eigenvalue weighted by molar-refractivity contribution is 5.85. The lowest BCUT2D eigenvalue weighted by atomic mass is 9.87. The van der Waals surface area contributed by atoms with Crippen molar-refractivity contribution in [3.8, 4) is 17.2 Å². The molecule has 0 spiro atoms. The minimum atomic E-state index is 0. The number of fused-ring (bicyclic) bond motifs is 1. The van der Waals surface area contributed by atoms with Crippen molar-refractivity contribution in [2.24, 2.45) is 0 Å². The van der Waals surface area contributed by atoms with Gasteiger partial charge >= 0.3 is 0 Å². The number of para-hydroxylation sites is 1. The van der Waals surface area contributed by atoms with E-state index in [-0.39, 0.29) is 25.1 Å². The van der Waals surface area contributed by atoms with Crippen LogP contribution in [-0.2, 0) is 6.54 Å². The van der Waals surface area contributed by atoms with Crippen LogP contribution in [0.2, 0.25) is 0 Å². The Labute approximate surface area is 184 Å². The van der Waals surface area contributed by atoms with Crippen molar-refractivity contribution in [3.05, 3.63) is 89.0 Å². The monoisotopic (exact) mass is 425 g/mol. The van der Waals surface area contributed by atoms with Gasteiger partial charge in [-0.25, -0.2) is 0 Å². The van der Waals surface area contributed by atoms with Crippen molar-refractivity contribution in [3.63, 3.8) is 0 Å². The lowest BCUT2D eigenvalue weighted by Crippen LogP contribution is -2.18. The smallest absolute Gasteiger partial charge is 0.231 e. The van der Waals surface area contributed by atoms with E-state index in [1.165, 1.54) is 22.3 Å². The first kappa shape index (κ1) is 22.0. The van der Waals surface area contributed by atoms with Crippen molar-refractivity contribution < 1.29 is 14.2 Å². The molecule has 0 saturated heterocycles. The van der Waals surface area contributed by atoms with Gasteiger partial charge in [0.15, 0.2) is 11.5 Å². The highest BCUT2D eigenvalue weighted by Gasteiger charge is 2.21. The second-order valence-corrected chi connectivity index (χ2v) is 7.36. The zero-order valence-corrected chi connectivity index (χ0v) is 18.2. The molecule has 1 N–H and O–H groups in total. The molecular formula is C25H28ClNO3. The first-order valence-corrected chi connectivity index (χ1v) is 10.0. The first-order chi connectivity index (χ1) is 14.2. The highest BCUT2D eigenvalue weighted by atomic mass is 35.5. The first-order valence-electron chi connectivity index (χ1n) is 10.0. The van der Waals surface area contributed by atoms with Gasteiger partial charge in [0.05, 0.1) is 7.11 Å². The number of hydrogen-bond donors (Lipinski definition) is 1. The third-order valence-corrected chi connectivity index (χ3v) is 5.37. The van der Waals surface area contributed by atoms with E-state index in [9.17, 15) is 0 Å². The second kappa shape index (κ2) is 10.4. The summed E-state index contributed by atoms with van der Waals surface area (Å²) in [4.78, 5) is 0. The Balaban J connectivity index is 0.00000256. The topological polar surface area (TPSA) is 39.7 Å². The molecule has 1 heterocycles. The fraction of sp³-hybridized carbons (Fsp3) is 0.280. The van der Waals surface area contributed by atoms with Crippen LogP contribution < -0.4 is 19.5 Å². The maximum atomic E-state index is 5.65. The third-order valence-electron chi connectivity index (χ3n) is 5.37. The molecule has 0 radical (unpaired) electrons. The molecule has 1 aliphatic rings. The summed E-state index contributed by atoms with van der Waals surface area (Å²) in [5, 5.41) is 3.58. The van der Waals surface area contributed by atoms with E-state index in [1.807, 2.05) is 18.2 Å². The number of hydrogen-bond acceptors (Lipinski definition) is 4. The summed E-state index contributed by atoms with van der Waals surface area (Å²) in [6.07, 6.45) is 0.950. The fourth-order valence-electron chi connectivity index (χ4n) is 3.77. The van der Waals surface area contributed by atoms with Gasteiger partial charge in [-0.1, -0.05) is 54.1 Å². The third kappa shape index (κ3) is 5.07. The van der Waals surface area contributed by atoms with Gasteiger partial charge in [-0.15, -0.1) is 12.4 Å². The predicted octanol–water partition coefficient (Wildman–Crippen LogP) is 5.47. The molecule has 158 valence electrons. The van der Waals surface area contributed by atoms with Gasteiger partial charge in [-0.2, -0.15) is 0 Å². The molecule has 3 aromatic carbocycles. The summed E-state index contributed by atoms with van der Waals surface area (Å²) in [6, 6.07) is 23.1. The molecule has 0 bridgehead atoms. The molecule has 1 atom stereocenters. The molecule has 0 amide bonds. The van der Waals surface area contributed by atoms with Gasteiger partial charge in [0.25, 0.3) is 0 Å². The van der Waals surface area contributed by atoms with Crippen molar-refractivity contribution in [2.75, 3.05) is 20.4 Å². The van der Waals surface area contributed by atoms with Gasteiger partial charge in [-0.05, 0) is 49.2 Å². The highest BCUT2D eigenvalue weighted by Crippen LogP contribution is 2.39. The Morgan fingerprint density at radius 2 is 1.73 bits per heavy atom. The number of nitrogens with one attached hydrogen (secondary N) is 1. The van der Waals surface area contributed by atoms with Crippen LogP contribution in [0.3, 0.4) is 0 Å². The molecule has 0 aromatic heterocycles. The molecule has 30 heavy (non-hydrogen) atoms. The molecule has 3 aromatic rings. The van der Waals surface area contributed by atoms with Gasteiger partial charge in [0.2, 0.25) is 6.79 Å². The average Bonchev–Trinajstić information content (AvgIpc) is 3.23. The van der Waals surface area contributed by atoms with Gasteiger partial charge in [-0.3, -0.25) is 0 Å². The SMILES string of the molecule is COc1ccccc1C(CCNCc1ccc(C)cc1)c1ccc2c(c1)OCO2.Cl. The van der Waals surface area contributed by atoms with Crippen molar-refractivity contribution in [1.29, 1.82) is 0 Å². The zero-order valence-electron chi connectivity index (χ0n) is 17.4. The minimum absolute atomic E-state index is 0. The summed E-state index contributed by atoms with van der Waals surface area (Å²) in [5.41, 5.74) is 4.97. The molecule has 5 heteroatoms. The minimum Gasteiger partial charge on any atom is -0.496 e. The lowest BCUT2D eigenvalue weighted by molar-refractivity contribution is 0.174. The van der Waals surface area contributed by atoms with Crippen molar-refractivity contribution in [1.82, 2.24) is 5.32 Å². The summed E-state index contributed by atoms with van der Waals surface area (Å²) < 4.78 is 16.7. The number of rotatable bonds is 8. The number of halogens is 1. The predicted molar refractivity (Wildman–Crippen MR) is 122 cm³/mol. The van der Waals surface area contributed by atoms with Gasteiger partial charge < -0.3 is 19.5 Å². The summed E-state index contributed by atoms with van der Waals surface area (Å²) in [7, 11) is 1.73. The summed E-state index contributed by atoms with van der Waals surface area (Å²) in [5.74, 6) is 2.74. The Morgan fingerprint density at radius 3 is 2.53 bits per heavy atom. The van der Waals surface area contributed by atoms with E-state index in [0.717, 1.165) is 36.8 Å². The van der Waals surface area contributed by atoms with Crippen LogP contribution in [0.5, 0.6) is 17.2 Å². The molecule has 4 rings (SSSR count). The van der Waals surface area contributed by atoms with Crippen molar-refractivity contribution in [2.45, 2.75) is 25.8 Å². The molecule has 0 fully saturated rings. The maximum absolute atomic E-state index is 5.65. The maximum Gasteiger partial charge on any atom is 0.231 e. The molecule has 0 saturated carbocycles. The number of ether oxygens (including phenoxy) is 3. The van der Waals surface area contributed by atoms with E-state index in [0.29, 0.717) is 0 Å². The number of benzene rings is 3. The van der Waals surface area contributed by atoms with E-state index < -0.39 is 0 Å². The van der Waals surface area contributed by atoms with E-state index in [2.05, 4.69) is 60.8 Å². The van der Waals surface area contributed by atoms with Crippen LogP contribution in [0.1, 0.15) is 34.6 Å². The molecule has 0 aliphatic carbocycles. The fourth-order valence-corrected chi connectivity index (χ4v) is 3.77.